The third-order valence-corrected chi connectivity index (χ3v) is 5.40. The quantitative estimate of drug-likeness (QED) is 0.810. The number of amides is 1. The average Bonchev–Trinajstić information content (AvgIpc) is 2.63. The van der Waals surface area contributed by atoms with E-state index in [1.54, 1.807) is 19.0 Å². The third kappa shape index (κ3) is 4.25. The van der Waals surface area contributed by atoms with Crippen molar-refractivity contribution in [2.24, 2.45) is 0 Å². The number of carbonyl (C=O) groups is 1. The molecular formula is C21H26ClN3O. The van der Waals surface area contributed by atoms with Crippen LogP contribution >= 0.6 is 11.6 Å². The van der Waals surface area contributed by atoms with Crippen LogP contribution < -0.4 is 0 Å². The van der Waals surface area contributed by atoms with Gasteiger partial charge in [0.05, 0.1) is 11.3 Å². The molecule has 0 N–H and O–H groups in total. The molecule has 0 saturated carbocycles. The summed E-state index contributed by atoms with van der Waals surface area (Å²) < 4.78 is 0. The van der Waals surface area contributed by atoms with Crippen molar-refractivity contribution in [2.45, 2.75) is 32.2 Å². The summed E-state index contributed by atoms with van der Waals surface area (Å²) in [4.78, 5) is 21.3. The minimum atomic E-state index is 0.0333. The van der Waals surface area contributed by atoms with Gasteiger partial charge < -0.3 is 4.90 Å². The standard InChI is InChI=1S/C21H26ClN3O/c1-15-8-9-18(21(26)24(2)3)20(23-15)16-10-12-25(13-11-16)14-17-6-4-5-7-19(17)22/h4-9,16H,10-14H2,1-3H3. The number of nitrogens with zero attached hydrogens (tertiary/aromatic N) is 3. The number of rotatable bonds is 4. The fourth-order valence-corrected chi connectivity index (χ4v) is 3.74. The summed E-state index contributed by atoms with van der Waals surface area (Å²) in [5.41, 5.74) is 3.84. The normalized spacial score (nSPS) is 15.8. The van der Waals surface area contributed by atoms with Crippen LogP contribution in [0.2, 0.25) is 5.02 Å². The summed E-state index contributed by atoms with van der Waals surface area (Å²) >= 11 is 6.29. The third-order valence-electron chi connectivity index (χ3n) is 5.03. The smallest absolute Gasteiger partial charge is 0.255 e. The molecule has 1 aromatic carbocycles. The molecule has 1 fully saturated rings. The van der Waals surface area contributed by atoms with E-state index in [-0.39, 0.29) is 5.91 Å². The first-order chi connectivity index (χ1) is 12.5. The minimum Gasteiger partial charge on any atom is -0.345 e. The molecule has 0 atom stereocenters. The SMILES string of the molecule is Cc1ccc(C(=O)N(C)C)c(C2CCN(Cc3ccccc3Cl)CC2)n1. The number of hydrogen-bond donors (Lipinski definition) is 0. The van der Waals surface area contributed by atoms with Crippen LogP contribution in [-0.4, -0.2) is 47.9 Å². The molecule has 5 heteroatoms. The molecule has 2 heterocycles. The Kier molecular flexibility index (Phi) is 5.94. The van der Waals surface area contributed by atoms with Gasteiger partial charge in [-0.15, -0.1) is 0 Å². The van der Waals surface area contributed by atoms with Crippen LogP contribution in [0, 0.1) is 6.92 Å². The molecule has 0 radical (unpaired) electrons. The van der Waals surface area contributed by atoms with Crippen LogP contribution in [0.5, 0.6) is 0 Å². The second kappa shape index (κ2) is 8.19. The van der Waals surface area contributed by atoms with E-state index in [0.29, 0.717) is 5.92 Å². The van der Waals surface area contributed by atoms with Crippen molar-refractivity contribution in [2.75, 3.05) is 27.2 Å². The Morgan fingerprint density at radius 3 is 2.54 bits per heavy atom. The van der Waals surface area contributed by atoms with E-state index < -0.39 is 0 Å². The largest absolute Gasteiger partial charge is 0.345 e. The molecule has 0 bridgehead atoms. The predicted octanol–water partition coefficient (Wildman–Crippen LogP) is 4.12. The number of piperidine rings is 1. The zero-order chi connectivity index (χ0) is 18.7. The Morgan fingerprint density at radius 2 is 1.88 bits per heavy atom. The molecule has 0 spiro atoms. The number of aryl methyl sites for hydroxylation is 1. The molecule has 138 valence electrons. The lowest BCUT2D eigenvalue weighted by molar-refractivity contribution is 0.0824. The topological polar surface area (TPSA) is 36.4 Å². The molecule has 1 saturated heterocycles. The maximum atomic E-state index is 12.5. The van der Waals surface area contributed by atoms with E-state index in [1.807, 2.05) is 37.3 Å². The van der Waals surface area contributed by atoms with E-state index in [4.69, 9.17) is 16.6 Å². The van der Waals surface area contributed by atoms with E-state index in [0.717, 1.165) is 54.4 Å². The van der Waals surface area contributed by atoms with Crippen LogP contribution in [0.4, 0.5) is 0 Å². The first-order valence-electron chi connectivity index (χ1n) is 9.10. The first kappa shape index (κ1) is 18.9. The van der Waals surface area contributed by atoms with E-state index in [1.165, 1.54) is 5.56 Å². The summed E-state index contributed by atoms with van der Waals surface area (Å²) in [5.74, 6) is 0.363. The average molecular weight is 372 g/mol. The maximum Gasteiger partial charge on any atom is 0.255 e. The molecule has 2 aromatic rings. The van der Waals surface area contributed by atoms with Gasteiger partial charge in [-0.3, -0.25) is 14.7 Å². The lowest BCUT2D eigenvalue weighted by Gasteiger charge is -2.32. The second-order valence-corrected chi connectivity index (χ2v) is 7.63. The van der Waals surface area contributed by atoms with E-state index in [9.17, 15) is 4.79 Å². The second-order valence-electron chi connectivity index (χ2n) is 7.23. The van der Waals surface area contributed by atoms with E-state index >= 15 is 0 Å². The van der Waals surface area contributed by atoms with Crippen molar-refractivity contribution < 1.29 is 4.79 Å². The molecule has 1 amide bonds. The Bertz CT molecular complexity index is 783. The van der Waals surface area contributed by atoms with Gasteiger partial charge in [-0.1, -0.05) is 29.8 Å². The minimum absolute atomic E-state index is 0.0333. The van der Waals surface area contributed by atoms with Crippen LogP contribution in [0.1, 0.15) is 46.1 Å². The van der Waals surface area contributed by atoms with Crippen molar-refractivity contribution in [3.05, 3.63) is 63.9 Å². The van der Waals surface area contributed by atoms with Gasteiger partial charge in [0, 0.05) is 37.3 Å². The number of likely N-dealkylation sites (tertiary alicyclic amines) is 1. The Morgan fingerprint density at radius 1 is 1.19 bits per heavy atom. The van der Waals surface area contributed by atoms with Gasteiger partial charge in [-0.05, 0) is 56.6 Å². The van der Waals surface area contributed by atoms with Crippen LogP contribution in [0.3, 0.4) is 0 Å². The number of pyridine rings is 1. The molecule has 1 aliphatic heterocycles. The van der Waals surface area contributed by atoms with Crippen molar-refractivity contribution in [3.63, 3.8) is 0 Å². The number of hydrogen-bond acceptors (Lipinski definition) is 3. The highest BCUT2D eigenvalue weighted by atomic mass is 35.5. The van der Waals surface area contributed by atoms with E-state index in [2.05, 4.69) is 11.0 Å². The Labute approximate surface area is 160 Å². The fraction of sp³-hybridized carbons (Fsp3) is 0.429. The highest BCUT2D eigenvalue weighted by Crippen LogP contribution is 2.31. The lowest BCUT2D eigenvalue weighted by Crippen LogP contribution is -2.34. The molecule has 4 nitrogen and oxygen atoms in total. The number of halogens is 1. The molecule has 3 rings (SSSR count). The number of benzene rings is 1. The van der Waals surface area contributed by atoms with Crippen molar-refractivity contribution in [1.82, 2.24) is 14.8 Å². The highest BCUT2D eigenvalue weighted by molar-refractivity contribution is 6.31. The van der Waals surface area contributed by atoms with Crippen molar-refractivity contribution in [1.29, 1.82) is 0 Å². The monoisotopic (exact) mass is 371 g/mol. The summed E-state index contributed by atoms with van der Waals surface area (Å²) in [6.07, 6.45) is 2.02. The molecule has 1 aliphatic rings. The van der Waals surface area contributed by atoms with Crippen molar-refractivity contribution in [3.8, 4) is 0 Å². The van der Waals surface area contributed by atoms with Crippen molar-refractivity contribution >= 4 is 17.5 Å². The molecule has 0 unspecified atom stereocenters. The van der Waals surface area contributed by atoms with Crippen LogP contribution in [0.25, 0.3) is 0 Å². The van der Waals surface area contributed by atoms with Gasteiger partial charge in [0.2, 0.25) is 0 Å². The number of aromatic nitrogens is 1. The summed E-state index contributed by atoms with van der Waals surface area (Å²) in [5, 5.41) is 0.828. The maximum absolute atomic E-state index is 12.5. The van der Waals surface area contributed by atoms with Gasteiger partial charge in [0.25, 0.3) is 5.91 Å². The van der Waals surface area contributed by atoms with Gasteiger partial charge in [0.15, 0.2) is 0 Å². The van der Waals surface area contributed by atoms with Gasteiger partial charge in [-0.2, -0.15) is 0 Å². The fourth-order valence-electron chi connectivity index (χ4n) is 3.54. The van der Waals surface area contributed by atoms with Crippen LogP contribution in [0.15, 0.2) is 36.4 Å². The molecule has 26 heavy (non-hydrogen) atoms. The summed E-state index contributed by atoms with van der Waals surface area (Å²) in [6.45, 7) is 4.83. The summed E-state index contributed by atoms with van der Waals surface area (Å²) in [7, 11) is 3.58. The first-order valence-corrected chi connectivity index (χ1v) is 9.48. The van der Waals surface area contributed by atoms with Gasteiger partial charge in [0.1, 0.15) is 0 Å². The zero-order valence-electron chi connectivity index (χ0n) is 15.7. The molecule has 1 aromatic heterocycles. The van der Waals surface area contributed by atoms with Gasteiger partial charge in [-0.25, -0.2) is 0 Å². The van der Waals surface area contributed by atoms with Crippen LogP contribution in [-0.2, 0) is 6.54 Å². The Balaban J connectivity index is 1.71. The Hall–Kier alpha value is -1.91. The van der Waals surface area contributed by atoms with Gasteiger partial charge >= 0.3 is 0 Å². The molecular weight excluding hydrogens is 346 g/mol. The zero-order valence-corrected chi connectivity index (χ0v) is 16.5. The lowest BCUT2D eigenvalue weighted by atomic mass is 9.89. The summed E-state index contributed by atoms with van der Waals surface area (Å²) in [6, 6.07) is 11.9. The molecule has 0 aliphatic carbocycles. The highest BCUT2D eigenvalue weighted by Gasteiger charge is 2.26. The predicted molar refractivity (Wildman–Crippen MR) is 106 cm³/mol. The number of carbonyl (C=O) groups excluding carboxylic acids is 1.